The Bertz CT molecular complexity index is 634. The van der Waals surface area contributed by atoms with E-state index in [1.54, 1.807) is 20.8 Å². The molecule has 13 heteroatoms. The van der Waals surface area contributed by atoms with E-state index in [1.165, 1.54) is 0 Å². The molecule has 3 aliphatic heterocycles. The second-order valence-corrected chi connectivity index (χ2v) is 9.44. The van der Waals surface area contributed by atoms with Crippen LogP contribution in [0.25, 0.3) is 0 Å². The fraction of sp³-hybridized carbons (Fsp3) is 1.00. The van der Waals surface area contributed by atoms with Crippen LogP contribution in [0.2, 0.25) is 0 Å². The molecule has 7 unspecified atom stereocenters. The maximum absolute atomic E-state index is 11.0. The summed E-state index contributed by atoms with van der Waals surface area (Å²) in [5.41, 5.74) is 0. The molecule has 8 N–H and O–H groups in total. The number of hydrogen-bond acceptors (Lipinski definition) is 13. The van der Waals surface area contributed by atoms with Gasteiger partial charge in [0.25, 0.3) is 0 Å². The topological polar surface area (TPSA) is 208 Å². The fourth-order valence-electron chi connectivity index (χ4n) is 4.59. The number of ether oxygens (including phenoxy) is 5. The van der Waals surface area contributed by atoms with Crippen molar-refractivity contribution in [1.82, 2.24) is 0 Å². The van der Waals surface area contributed by atoms with Crippen LogP contribution in [0.3, 0.4) is 0 Å². The molecule has 34 heavy (non-hydrogen) atoms. The summed E-state index contributed by atoms with van der Waals surface area (Å²) >= 11 is 0. The van der Waals surface area contributed by atoms with Gasteiger partial charge in [0, 0.05) is 17.8 Å². The number of aliphatic hydroxyl groups excluding tert-OH is 8. The van der Waals surface area contributed by atoms with Crippen molar-refractivity contribution in [2.24, 2.45) is 17.8 Å². The Kier molecular flexibility index (Phi) is 9.64. The van der Waals surface area contributed by atoms with Gasteiger partial charge in [0.1, 0.15) is 36.6 Å². The lowest BCUT2D eigenvalue weighted by atomic mass is 9.89. The van der Waals surface area contributed by atoms with Gasteiger partial charge in [-0.15, -0.1) is 0 Å². The van der Waals surface area contributed by atoms with Crippen molar-refractivity contribution in [2.75, 3.05) is 19.8 Å². The molecule has 13 nitrogen and oxygen atoms in total. The van der Waals surface area contributed by atoms with E-state index in [0.717, 1.165) is 0 Å². The van der Waals surface area contributed by atoms with Gasteiger partial charge < -0.3 is 64.5 Å². The van der Waals surface area contributed by atoms with Crippen molar-refractivity contribution in [2.45, 2.75) is 94.6 Å². The van der Waals surface area contributed by atoms with E-state index < -0.39 is 111 Å². The Morgan fingerprint density at radius 2 is 0.941 bits per heavy atom. The molecule has 0 saturated carbocycles. The van der Waals surface area contributed by atoms with Crippen molar-refractivity contribution in [3.8, 4) is 0 Å². The van der Waals surface area contributed by atoms with Gasteiger partial charge in [-0.2, -0.15) is 0 Å². The maximum Gasteiger partial charge on any atom is 0.163 e. The third-order valence-corrected chi connectivity index (χ3v) is 7.12. The Balaban J connectivity index is 1.72. The average molecular weight is 499 g/mol. The fourth-order valence-corrected chi connectivity index (χ4v) is 4.59. The lowest BCUT2D eigenvalue weighted by Crippen LogP contribution is -2.63. The molecule has 0 amide bonds. The van der Waals surface area contributed by atoms with Crippen LogP contribution in [0.1, 0.15) is 20.8 Å². The quantitative estimate of drug-likeness (QED) is 0.170. The summed E-state index contributed by atoms with van der Waals surface area (Å²) in [6.45, 7) is 3.04. The van der Waals surface area contributed by atoms with Crippen molar-refractivity contribution < 1.29 is 64.5 Å². The van der Waals surface area contributed by atoms with Crippen molar-refractivity contribution in [3.63, 3.8) is 0 Å². The van der Waals surface area contributed by atoms with Crippen molar-refractivity contribution >= 4 is 0 Å². The highest BCUT2D eigenvalue weighted by atomic mass is 16.7. The summed E-state index contributed by atoms with van der Waals surface area (Å²) in [4.78, 5) is 0. The molecule has 3 heterocycles. The predicted octanol–water partition coefficient (Wildman–Crippen LogP) is -3.75. The Labute approximate surface area is 197 Å². The van der Waals surface area contributed by atoms with Gasteiger partial charge in [-0.1, -0.05) is 20.8 Å². The van der Waals surface area contributed by atoms with E-state index in [2.05, 4.69) is 0 Å². The Morgan fingerprint density at radius 3 is 1.44 bits per heavy atom. The predicted molar refractivity (Wildman–Crippen MR) is 111 cm³/mol. The molecule has 3 rings (SSSR count). The highest BCUT2D eigenvalue weighted by Crippen LogP contribution is 2.36. The molecular formula is C21H38O13. The molecule has 0 aromatic rings. The minimum atomic E-state index is -1.32. The third kappa shape index (κ3) is 5.42. The summed E-state index contributed by atoms with van der Waals surface area (Å²) in [7, 11) is 0. The molecule has 0 aromatic carbocycles. The summed E-state index contributed by atoms with van der Waals surface area (Å²) in [6.07, 6.45) is -14.0. The van der Waals surface area contributed by atoms with Gasteiger partial charge in [0.2, 0.25) is 0 Å². The van der Waals surface area contributed by atoms with Crippen LogP contribution in [0.5, 0.6) is 0 Å². The summed E-state index contributed by atoms with van der Waals surface area (Å²) in [5, 5.41) is 80.7. The summed E-state index contributed by atoms with van der Waals surface area (Å²) in [5.74, 6) is -2.18. The molecule has 200 valence electrons. The van der Waals surface area contributed by atoms with E-state index in [-0.39, 0.29) is 0 Å². The van der Waals surface area contributed by atoms with E-state index in [0.29, 0.717) is 0 Å². The number of rotatable bonds is 7. The molecule has 3 aliphatic rings. The first-order chi connectivity index (χ1) is 16.0. The SMILES string of the molecule is CC1C(O[C@@H]2C(CO)OC(O)[C@@H](C)[C@H]2O)O[C@@H](CO)[C@@H](OC2OC(CO)[C@@H](O)[C@H](O)[C@@H]2C)C1O. The Morgan fingerprint density at radius 1 is 0.529 bits per heavy atom. The standard InChI is InChI=1S/C21H38O13/c1-7-14(26)17(11(5-23)30-19(7)29)33-21-9(3)15(27)18(12(6-24)32-21)34-20-8(2)13(25)16(28)10(4-22)31-20/h7-29H,4-6H2,1-3H3/t7-,8-,9?,10?,11?,12-,13+,14+,15?,16+,17+,18+,19?,20?,21?/m0/s1. The van der Waals surface area contributed by atoms with E-state index in [4.69, 9.17) is 23.7 Å². The molecular weight excluding hydrogens is 460 g/mol. The van der Waals surface area contributed by atoms with Crippen molar-refractivity contribution in [1.29, 1.82) is 0 Å². The second kappa shape index (κ2) is 11.7. The normalized spacial score (nSPS) is 52.5. The van der Waals surface area contributed by atoms with Gasteiger partial charge in [-0.25, -0.2) is 0 Å². The molecule has 0 spiro atoms. The molecule has 0 aliphatic carbocycles. The zero-order valence-electron chi connectivity index (χ0n) is 19.4. The first-order valence-electron chi connectivity index (χ1n) is 11.6. The van der Waals surface area contributed by atoms with E-state index >= 15 is 0 Å². The molecule has 0 radical (unpaired) electrons. The van der Waals surface area contributed by atoms with Crippen molar-refractivity contribution in [3.05, 3.63) is 0 Å². The monoisotopic (exact) mass is 498 g/mol. The molecule has 0 bridgehead atoms. The lowest BCUT2D eigenvalue weighted by Gasteiger charge is -2.48. The van der Waals surface area contributed by atoms with Gasteiger partial charge in [-0.3, -0.25) is 0 Å². The van der Waals surface area contributed by atoms with E-state index in [9.17, 15) is 40.9 Å². The highest BCUT2D eigenvalue weighted by Gasteiger charge is 2.51. The molecule has 3 saturated heterocycles. The average Bonchev–Trinajstić information content (AvgIpc) is 2.83. The Hall–Kier alpha value is -0.520. The van der Waals surface area contributed by atoms with Crippen LogP contribution in [0, 0.1) is 17.8 Å². The number of hydrogen-bond donors (Lipinski definition) is 8. The maximum atomic E-state index is 11.0. The third-order valence-electron chi connectivity index (χ3n) is 7.12. The lowest BCUT2D eigenvalue weighted by molar-refractivity contribution is -0.364. The molecule has 15 atom stereocenters. The van der Waals surface area contributed by atoms with Crippen LogP contribution in [-0.2, 0) is 23.7 Å². The summed E-state index contributed by atoms with van der Waals surface area (Å²) in [6, 6.07) is 0. The first kappa shape index (κ1) is 28.1. The van der Waals surface area contributed by atoms with Gasteiger partial charge in [-0.05, 0) is 0 Å². The smallest absolute Gasteiger partial charge is 0.163 e. The zero-order valence-corrected chi connectivity index (χ0v) is 19.4. The van der Waals surface area contributed by atoms with Crippen LogP contribution in [0.4, 0.5) is 0 Å². The van der Waals surface area contributed by atoms with Crippen LogP contribution >= 0.6 is 0 Å². The second-order valence-electron chi connectivity index (χ2n) is 9.44. The van der Waals surface area contributed by atoms with Crippen LogP contribution < -0.4 is 0 Å². The summed E-state index contributed by atoms with van der Waals surface area (Å²) < 4.78 is 28.4. The van der Waals surface area contributed by atoms with Gasteiger partial charge in [0.05, 0.1) is 38.1 Å². The first-order valence-corrected chi connectivity index (χ1v) is 11.6. The van der Waals surface area contributed by atoms with E-state index in [1.807, 2.05) is 0 Å². The largest absolute Gasteiger partial charge is 0.394 e. The van der Waals surface area contributed by atoms with Gasteiger partial charge in [0.15, 0.2) is 18.9 Å². The number of aliphatic hydroxyl groups is 8. The van der Waals surface area contributed by atoms with Gasteiger partial charge >= 0.3 is 0 Å². The highest BCUT2D eigenvalue weighted by molar-refractivity contribution is 4.94. The molecule has 0 aromatic heterocycles. The zero-order chi connectivity index (χ0) is 25.3. The molecule has 3 fully saturated rings. The minimum absolute atomic E-state index is 0.540. The van der Waals surface area contributed by atoms with Crippen LogP contribution in [-0.4, -0.2) is 134 Å². The van der Waals surface area contributed by atoms with Crippen LogP contribution in [0.15, 0.2) is 0 Å². The minimum Gasteiger partial charge on any atom is -0.394 e.